The van der Waals surface area contributed by atoms with Crippen molar-refractivity contribution >= 4 is 35.8 Å². The Bertz CT molecular complexity index is 549. The minimum absolute atomic E-state index is 0. The number of carbonyl (C=O) groups excluding carboxylic acids is 1. The highest BCUT2D eigenvalue weighted by Crippen LogP contribution is 2.00. The maximum absolute atomic E-state index is 12.0. The van der Waals surface area contributed by atoms with E-state index in [1.54, 1.807) is 7.05 Å². The molecule has 0 saturated carbocycles. The second-order valence-corrected chi connectivity index (χ2v) is 6.69. The molecule has 7 heteroatoms. The molecule has 1 unspecified atom stereocenters. The molecular formula is C21H38IN5O. The molecule has 0 bridgehead atoms. The first-order chi connectivity index (χ1) is 13.1. The molecule has 0 aliphatic carbocycles. The largest absolute Gasteiger partial charge is 0.356 e. The summed E-state index contributed by atoms with van der Waals surface area (Å²) < 4.78 is 0. The van der Waals surface area contributed by atoms with Crippen molar-refractivity contribution in [3.05, 3.63) is 35.9 Å². The average molecular weight is 503 g/mol. The number of aliphatic imine (C=N–C) groups is 1. The summed E-state index contributed by atoms with van der Waals surface area (Å²) in [6, 6.07) is 9.67. The quantitative estimate of drug-likeness (QED) is 0.178. The lowest BCUT2D eigenvalue weighted by Crippen LogP contribution is -2.43. The molecule has 1 amide bonds. The molecule has 6 nitrogen and oxygen atoms in total. The van der Waals surface area contributed by atoms with Crippen molar-refractivity contribution < 1.29 is 4.79 Å². The van der Waals surface area contributed by atoms with Crippen LogP contribution in [0.3, 0.4) is 0 Å². The van der Waals surface area contributed by atoms with Crippen molar-refractivity contribution in [3.8, 4) is 0 Å². The molecule has 160 valence electrons. The van der Waals surface area contributed by atoms with Gasteiger partial charge < -0.3 is 20.9 Å². The van der Waals surface area contributed by atoms with E-state index in [2.05, 4.69) is 46.6 Å². The molecule has 3 N–H and O–H groups in total. The molecule has 0 heterocycles. The van der Waals surface area contributed by atoms with E-state index < -0.39 is 0 Å². The number of hydrogen-bond donors (Lipinski definition) is 3. The molecule has 0 aliphatic rings. The van der Waals surface area contributed by atoms with E-state index in [1.165, 1.54) is 6.42 Å². The van der Waals surface area contributed by atoms with Crippen LogP contribution in [-0.2, 0) is 0 Å². The number of carbonyl (C=O) groups is 1. The Balaban J connectivity index is 0.00000729. The summed E-state index contributed by atoms with van der Waals surface area (Å²) in [6.45, 7) is 11.4. The highest BCUT2D eigenvalue weighted by molar-refractivity contribution is 14.0. The van der Waals surface area contributed by atoms with E-state index >= 15 is 0 Å². The smallest absolute Gasteiger partial charge is 0.251 e. The van der Waals surface area contributed by atoms with Gasteiger partial charge in [0.2, 0.25) is 0 Å². The second-order valence-electron chi connectivity index (χ2n) is 6.69. The Morgan fingerprint density at radius 1 is 1.07 bits per heavy atom. The van der Waals surface area contributed by atoms with Gasteiger partial charge in [-0.25, -0.2) is 0 Å². The minimum atomic E-state index is -0.0278. The summed E-state index contributed by atoms with van der Waals surface area (Å²) in [7, 11) is 1.79. The summed E-state index contributed by atoms with van der Waals surface area (Å²) in [5.74, 6) is 0.791. The van der Waals surface area contributed by atoms with E-state index in [0.717, 1.165) is 45.0 Å². The van der Waals surface area contributed by atoms with Crippen molar-refractivity contribution in [1.29, 1.82) is 0 Å². The lowest BCUT2D eigenvalue weighted by Gasteiger charge is -2.21. The lowest BCUT2D eigenvalue weighted by atomic mass is 10.2. The van der Waals surface area contributed by atoms with Gasteiger partial charge in [0, 0.05) is 31.7 Å². The van der Waals surface area contributed by atoms with Crippen molar-refractivity contribution in [1.82, 2.24) is 20.9 Å². The van der Waals surface area contributed by atoms with Gasteiger partial charge in [0.15, 0.2) is 5.96 Å². The summed E-state index contributed by atoms with van der Waals surface area (Å²) in [6.07, 6.45) is 3.14. The third kappa shape index (κ3) is 11.5. The van der Waals surface area contributed by atoms with Crippen LogP contribution >= 0.6 is 24.0 Å². The molecule has 1 aromatic rings. The maximum Gasteiger partial charge on any atom is 0.251 e. The van der Waals surface area contributed by atoms with Crippen molar-refractivity contribution in [3.63, 3.8) is 0 Å². The van der Waals surface area contributed by atoms with Crippen molar-refractivity contribution in [2.24, 2.45) is 4.99 Å². The van der Waals surface area contributed by atoms with Crippen LogP contribution in [0, 0.1) is 0 Å². The Morgan fingerprint density at radius 2 is 1.71 bits per heavy atom. The number of halogens is 1. The number of amides is 1. The number of rotatable bonds is 12. The number of hydrogen-bond acceptors (Lipinski definition) is 3. The zero-order valence-corrected chi connectivity index (χ0v) is 20.2. The van der Waals surface area contributed by atoms with Gasteiger partial charge >= 0.3 is 0 Å². The van der Waals surface area contributed by atoms with Crippen LogP contribution in [0.5, 0.6) is 0 Å². The standard InChI is InChI=1S/C21H37N5O.HI/c1-5-26(6-2)17-10-12-18(3)25-21(22-4)24-16-11-15-23-20(27)19-13-8-7-9-14-19;/h7-9,13-14,18H,5-6,10-12,15-17H2,1-4H3,(H,23,27)(H2,22,24,25);1H. The SMILES string of the molecule is CCN(CC)CCCC(C)NC(=NC)NCCCNC(=O)c1ccccc1.I. The monoisotopic (exact) mass is 503 g/mol. The number of nitrogens with one attached hydrogen (secondary N) is 3. The van der Waals surface area contributed by atoms with Gasteiger partial charge in [0.1, 0.15) is 0 Å². The summed E-state index contributed by atoms with van der Waals surface area (Å²) in [4.78, 5) is 18.7. The Labute approximate surface area is 188 Å². The van der Waals surface area contributed by atoms with Crippen LogP contribution < -0.4 is 16.0 Å². The molecule has 28 heavy (non-hydrogen) atoms. The highest BCUT2D eigenvalue weighted by atomic mass is 127. The summed E-state index contributed by atoms with van der Waals surface area (Å²) in [5, 5.41) is 9.68. The van der Waals surface area contributed by atoms with Crippen LogP contribution in [0.15, 0.2) is 35.3 Å². The fraction of sp³-hybridized carbons (Fsp3) is 0.619. The molecule has 0 radical (unpaired) electrons. The van der Waals surface area contributed by atoms with Gasteiger partial charge in [0.05, 0.1) is 0 Å². The summed E-state index contributed by atoms with van der Waals surface area (Å²) in [5.41, 5.74) is 0.696. The van der Waals surface area contributed by atoms with Crippen molar-refractivity contribution in [2.75, 3.05) is 39.8 Å². The fourth-order valence-electron chi connectivity index (χ4n) is 2.85. The molecular weight excluding hydrogens is 465 g/mol. The van der Waals surface area contributed by atoms with Crippen LogP contribution in [0.1, 0.15) is 50.4 Å². The number of benzene rings is 1. The van der Waals surface area contributed by atoms with E-state index in [4.69, 9.17) is 0 Å². The third-order valence-corrected chi connectivity index (χ3v) is 4.58. The van der Waals surface area contributed by atoms with E-state index in [1.807, 2.05) is 30.3 Å². The first kappa shape index (κ1) is 26.6. The number of nitrogens with zero attached hydrogens (tertiary/aromatic N) is 2. The van der Waals surface area contributed by atoms with Crippen molar-refractivity contribution in [2.45, 2.75) is 46.1 Å². The van der Waals surface area contributed by atoms with E-state index in [9.17, 15) is 4.79 Å². The Hall–Kier alpha value is -1.35. The van der Waals surface area contributed by atoms with Crippen LogP contribution in [-0.4, -0.2) is 62.6 Å². The molecule has 1 aromatic carbocycles. The van der Waals surface area contributed by atoms with Gasteiger partial charge in [-0.3, -0.25) is 9.79 Å². The van der Waals surface area contributed by atoms with Gasteiger partial charge in [-0.05, 0) is 58.0 Å². The zero-order valence-electron chi connectivity index (χ0n) is 17.8. The molecule has 0 aromatic heterocycles. The molecule has 0 aliphatic heterocycles. The molecule has 1 rings (SSSR count). The zero-order chi connectivity index (χ0) is 19.9. The first-order valence-corrected chi connectivity index (χ1v) is 10.1. The topological polar surface area (TPSA) is 68.8 Å². The van der Waals surface area contributed by atoms with E-state index in [-0.39, 0.29) is 29.9 Å². The van der Waals surface area contributed by atoms with Crippen LogP contribution in [0.25, 0.3) is 0 Å². The summed E-state index contributed by atoms with van der Waals surface area (Å²) >= 11 is 0. The predicted octanol–water partition coefficient (Wildman–Crippen LogP) is 3.10. The Morgan fingerprint density at radius 3 is 2.32 bits per heavy atom. The van der Waals surface area contributed by atoms with Crippen LogP contribution in [0.2, 0.25) is 0 Å². The van der Waals surface area contributed by atoms with Gasteiger partial charge in [-0.15, -0.1) is 24.0 Å². The molecule has 0 saturated heterocycles. The van der Waals surface area contributed by atoms with Gasteiger partial charge in [0.25, 0.3) is 5.91 Å². The molecule has 0 fully saturated rings. The highest BCUT2D eigenvalue weighted by Gasteiger charge is 2.07. The number of guanidine groups is 1. The van der Waals surface area contributed by atoms with Crippen LogP contribution in [0.4, 0.5) is 0 Å². The predicted molar refractivity (Wildman–Crippen MR) is 130 cm³/mol. The second kappa shape index (κ2) is 16.6. The van der Waals surface area contributed by atoms with E-state index in [0.29, 0.717) is 18.2 Å². The minimum Gasteiger partial charge on any atom is -0.356 e. The third-order valence-electron chi connectivity index (χ3n) is 4.58. The normalized spacial score (nSPS) is 12.2. The maximum atomic E-state index is 12.0. The van der Waals surface area contributed by atoms with Gasteiger partial charge in [-0.1, -0.05) is 32.0 Å². The fourth-order valence-corrected chi connectivity index (χ4v) is 2.85. The average Bonchev–Trinajstić information content (AvgIpc) is 2.70. The Kier molecular flexibility index (Phi) is 15.8. The first-order valence-electron chi connectivity index (χ1n) is 10.1. The lowest BCUT2D eigenvalue weighted by molar-refractivity contribution is 0.0953. The van der Waals surface area contributed by atoms with Gasteiger partial charge in [-0.2, -0.15) is 0 Å². The molecule has 1 atom stereocenters. The molecule has 0 spiro atoms.